The zero-order valence-electron chi connectivity index (χ0n) is 42.6. The molecule has 0 aliphatic carbocycles. The Morgan fingerprint density at radius 3 is 1.45 bits per heavy atom. The molecule has 1 fully saturated rings. The molecule has 0 spiro atoms. The molecule has 0 bridgehead atoms. The Bertz CT molecular complexity index is 1230. The van der Waals surface area contributed by atoms with Gasteiger partial charge in [-0.25, -0.2) is 0 Å². The molecule has 1 heterocycles. The summed E-state index contributed by atoms with van der Waals surface area (Å²) in [4.78, 5) is 13.1. The summed E-state index contributed by atoms with van der Waals surface area (Å²) in [5.41, 5.74) is 0. The van der Waals surface area contributed by atoms with Gasteiger partial charge in [-0.1, -0.05) is 204 Å². The SMILES string of the molecule is CCCCC/C=C\C=C/CCCCCCCC(O)C(=O)NC(COC1OC(CO)C(O)C(O)C1O)C(O)C(O)CCC/C=C/CC/C=C/CCCCCCCCCCCCCCCCCCC. The van der Waals surface area contributed by atoms with Gasteiger partial charge in [0, 0.05) is 0 Å². The van der Waals surface area contributed by atoms with Crippen molar-refractivity contribution < 1.29 is 50.0 Å². The first-order valence-electron chi connectivity index (χ1n) is 27.6. The second kappa shape index (κ2) is 45.2. The van der Waals surface area contributed by atoms with Crippen molar-refractivity contribution >= 4 is 5.91 Å². The van der Waals surface area contributed by atoms with E-state index >= 15 is 0 Å². The van der Waals surface area contributed by atoms with Gasteiger partial charge >= 0.3 is 0 Å². The monoisotopic (exact) mass is 950 g/mol. The zero-order chi connectivity index (χ0) is 49.0. The van der Waals surface area contributed by atoms with Crippen molar-refractivity contribution in [1.82, 2.24) is 5.32 Å². The molecular weight excluding hydrogens is 847 g/mol. The molecule has 11 nitrogen and oxygen atoms in total. The summed E-state index contributed by atoms with van der Waals surface area (Å²) in [5, 5.41) is 75.9. The molecule has 0 saturated carbocycles. The summed E-state index contributed by atoms with van der Waals surface area (Å²) < 4.78 is 11.1. The highest BCUT2D eigenvalue weighted by atomic mass is 16.7. The average molecular weight is 950 g/mol. The van der Waals surface area contributed by atoms with Gasteiger partial charge in [0.15, 0.2) is 6.29 Å². The Labute approximate surface area is 409 Å². The molecule has 0 aromatic heterocycles. The standard InChI is InChI=1S/C56H103NO10/c1-3-5-7-9-11-13-15-17-19-20-21-22-23-24-25-26-27-28-29-30-32-33-35-37-39-41-43-48(59)51(61)47(46-66-56-54(64)53(63)52(62)50(45-58)67-56)57-55(65)49(60)44-42-40-38-36-34-31-18-16-14-12-10-8-6-4-2/h12,14,16,18,29-30,35,37,47-54,56,58-64H,3-11,13,15,17,19-28,31-34,36,38-46H2,1-2H3,(H,57,65)/b14-12-,18-16-,30-29+,37-35+. The molecule has 0 aromatic carbocycles. The minimum absolute atomic E-state index is 0.231. The number of amides is 1. The molecule has 1 aliphatic rings. The van der Waals surface area contributed by atoms with Crippen LogP contribution >= 0.6 is 0 Å². The van der Waals surface area contributed by atoms with Crippen LogP contribution in [0.15, 0.2) is 48.6 Å². The summed E-state index contributed by atoms with van der Waals surface area (Å²) >= 11 is 0. The van der Waals surface area contributed by atoms with E-state index in [4.69, 9.17) is 9.47 Å². The number of hydrogen-bond donors (Lipinski definition) is 8. The highest BCUT2D eigenvalue weighted by Crippen LogP contribution is 2.23. The highest BCUT2D eigenvalue weighted by molar-refractivity contribution is 5.80. The van der Waals surface area contributed by atoms with Gasteiger partial charge in [-0.2, -0.15) is 0 Å². The smallest absolute Gasteiger partial charge is 0.249 e. The molecule has 67 heavy (non-hydrogen) atoms. The van der Waals surface area contributed by atoms with Gasteiger partial charge in [0.05, 0.1) is 25.4 Å². The van der Waals surface area contributed by atoms with E-state index in [1.807, 2.05) is 0 Å². The first-order valence-corrected chi connectivity index (χ1v) is 27.6. The van der Waals surface area contributed by atoms with Gasteiger partial charge in [-0.05, 0) is 77.0 Å². The lowest BCUT2D eigenvalue weighted by atomic mass is 9.98. The number of hydrogen-bond acceptors (Lipinski definition) is 10. The largest absolute Gasteiger partial charge is 0.394 e. The lowest BCUT2D eigenvalue weighted by Gasteiger charge is -2.40. The van der Waals surface area contributed by atoms with E-state index in [-0.39, 0.29) is 12.8 Å². The van der Waals surface area contributed by atoms with E-state index < -0.39 is 74.2 Å². The molecule has 392 valence electrons. The predicted molar refractivity (Wildman–Crippen MR) is 275 cm³/mol. The van der Waals surface area contributed by atoms with Crippen molar-refractivity contribution in [3.05, 3.63) is 48.6 Å². The number of carbonyl (C=O) groups is 1. The Morgan fingerprint density at radius 2 is 0.940 bits per heavy atom. The number of aliphatic hydroxyl groups is 7. The number of carbonyl (C=O) groups excluding carboxylic acids is 1. The van der Waals surface area contributed by atoms with Gasteiger partial charge in [0.2, 0.25) is 5.91 Å². The molecule has 0 radical (unpaired) electrons. The first kappa shape index (κ1) is 63.1. The third kappa shape index (κ3) is 34.1. The highest BCUT2D eigenvalue weighted by Gasteiger charge is 2.44. The molecule has 1 amide bonds. The number of rotatable bonds is 46. The van der Waals surface area contributed by atoms with Crippen LogP contribution in [-0.4, -0.2) is 110 Å². The van der Waals surface area contributed by atoms with Crippen LogP contribution in [0.1, 0.15) is 232 Å². The van der Waals surface area contributed by atoms with Crippen molar-refractivity contribution in [3.63, 3.8) is 0 Å². The Morgan fingerprint density at radius 1 is 0.522 bits per heavy atom. The quantitative estimate of drug-likeness (QED) is 0.0166. The normalized spacial score (nSPS) is 21.0. The van der Waals surface area contributed by atoms with Crippen molar-refractivity contribution in [2.24, 2.45) is 0 Å². The van der Waals surface area contributed by atoms with Crippen LogP contribution in [0.3, 0.4) is 0 Å². The Balaban J connectivity index is 2.35. The number of unbranched alkanes of at least 4 members (excludes halogenated alkanes) is 27. The van der Waals surface area contributed by atoms with Crippen LogP contribution in [0.5, 0.6) is 0 Å². The van der Waals surface area contributed by atoms with Gasteiger partial charge in [-0.3, -0.25) is 4.79 Å². The Hall–Kier alpha value is -1.93. The summed E-state index contributed by atoms with van der Waals surface area (Å²) in [7, 11) is 0. The van der Waals surface area contributed by atoms with E-state index in [0.717, 1.165) is 57.8 Å². The first-order chi connectivity index (χ1) is 32.7. The van der Waals surface area contributed by atoms with Crippen LogP contribution in [0.2, 0.25) is 0 Å². The van der Waals surface area contributed by atoms with Gasteiger partial charge in [-0.15, -0.1) is 0 Å². The molecule has 9 atom stereocenters. The lowest BCUT2D eigenvalue weighted by Crippen LogP contribution is -2.60. The summed E-state index contributed by atoms with van der Waals surface area (Å²) in [6.45, 7) is 3.40. The van der Waals surface area contributed by atoms with Crippen molar-refractivity contribution in [2.75, 3.05) is 13.2 Å². The Kier molecular flexibility index (Phi) is 42.6. The van der Waals surface area contributed by atoms with E-state index in [2.05, 4.69) is 67.8 Å². The minimum Gasteiger partial charge on any atom is -0.394 e. The predicted octanol–water partition coefficient (Wildman–Crippen LogP) is 10.9. The number of allylic oxidation sites excluding steroid dienone is 8. The second-order valence-electron chi connectivity index (χ2n) is 19.3. The topological polar surface area (TPSA) is 189 Å². The number of ether oxygens (including phenoxy) is 2. The fraction of sp³-hybridized carbons (Fsp3) is 0.839. The summed E-state index contributed by atoms with van der Waals surface area (Å²) in [6, 6.07) is -1.20. The van der Waals surface area contributed by atoms with Crippen LogP contribution < -0.4 is 5.32 Å². The van der Waals surface area contributed by atoms with Crippen LogP contribution in [0, 0.1) is 0 Å². The summed E-state index contributed by atoms with van der Waals surface area (Å²) in [5.74, 6) is -0.723. The van der Waals surface area contributed by atoms with Crippen molar-refractivity contribution in [3.8, 4) is 0 Å². The summed E-state index contributed by atoms with van der Waals surface area (Å²) in [6.07, 6.45) is 44.6. The van der Waals surface area contributed by atoms with Crippen molar-refractivity contribution in [1.29, 1.82) is 0 Å². The van der Waals surface area contributed by atoms with Gasteiger partial charge in [0.1, 0.15) is 36.6 Å². The molecule has 1 aliphatic heterocycles. The molecule has 0 aromatic rings. The minimum atomic E-state index is -1.68. The van der Waals surface area contributed by atoms with Gasteiger partial charge in [0.25, 0.3) is 0 Å². The third-order valence-corrected chi connectivity index (χ3v) is 13.1. The van der Waals surface area contributed by atoms with E-state index in [1.54, 1.807) is 0 Å². The van der Waals surface area contributed by atoms with Crippen LogP contribution in [0.4, 0.5) is 0 Å². The molecule has 9 unspecified atom stereocenters. The maximum Gasteiger partial charge on any atom is 0.249 e. The maximum atomic E-state index is 13.1. The third-order valence-electron chi connectivity index (χ3n) is 13.1. The molecular formula is C56H103NO10. The van der Waals surface area contributed by atoms with Gasteiger partial charge < -0.3 is 50.5 Å². The average Bonchev–Trinajstić information content (AvgIpc) is 3.33. The molecule has 1 rings (SSSR count). The van der Waals surface area contributed by atoms with E-state index in [1.165, 1.54) is 128 Å². The molecule has 8 N–H and O–H groups in total. The van der Waals surface area contributed by atoms with E-state index in [0.29, 0.717) is 19.3 Å². The fourth-order valence-corrected chi connectivity index (χ4v) is 8.57. The van der Waals surface area contributed by atoms with Crippen molar-refractivity contribution in [2.45, 2.75) is 287 Å². The number of nitrogens with one attached hydrogen (secondary N) is 1. The number of aliphatic hydroxyl groups excluding tert-OH is 7. The van der Waals surface area contributed by atoms with Crippen LogP contribution in [0.25, 0.3) is 0 Å². The molecule has 1 saturated heterocycles. The fourth-order valence-electron chi connectivity index (χ4n) is 8.57. The van der Waals surface area contributed by atoms with Crippen LogP contribution in [-0.2, 0) is 14.3 Å². The second-order valence-corrected chi connectivity index (χ2v) is 19.3. The zero-order valence-corrected chi connectivity index (χ0v) is 42.6. The molecule has 11 heteroatoms. The maximum absolute atomic E-state index is 13.1. The lowest BCUT2D eigenvalue weighted by molar-refractivity contribution is -0.303. The van der Waals surface area contributed by atoms with E-state index in [9.17, 15) is 40.5 Å².